The molecule has 0 bridgehead atoms. The molecule has 1 aromatic heterocycles. The first-order valence-electron chi connectivity index (χ1n) is 12.1. The van der Waals surface area contributed by atoms with Crippen LogP contribution in [-0.4, -0.2) is 41.6 Å². The van der Waals surface area contributed by atoms with E-state index in [4.69, 9.17) is 4.74 Å². The van der Waals surface area contributed by atoms with Gasteiger partial charge in [0.25, 0.3) is 0 Å². The van der Waals surface area contributed by atoms with Crippen molar-refractivity contribution in [2.75, 3.05) is 30.4 Å². The third kappa shape index (κ3) is 4.38. The summed E-state index contributed by atoms with van der Waals surface area (Å²) in [5, 5.41) is 33.7. The predicted molar refractivity (Wildman–Crippen MR) is 133 cm³/mol. The predicted octanol–water partition coefficient (Wildman–Crippen LogP) is 4.42. The lowest BCUT2D eigenvalue weighted by molar-refractivity contribution is 0.00830. The molecule has 2 fully saturated rings. The molecular formula is C27H31N5O2. The number of aryl methyl sites for hydroxylation is 1. The van der Waals surface area contributed by atoms with Gasteiger partial charge >= 0.3 is 0 Å². The van der Waals surface area contributed by atoms with Crippen LogP contribution in [0.4, 0.5) is 11.6 Å². The Hall–Kier alpha value is -3.37. The first-order valence-corrected chi connectivity index (χ1v) is 12.1. The van der Waals surface area contributed by atoms with Crippen molar-refractivity contribution in [3.05, 3.63) is 53.1 Å². The zero-order valence-corrected chi connectivity index (χ0v) is 19.8. The quantitative estimate of drug-likeness (QED) is 0.566. The standard InChI is InChI=1S/C27H31N5O2/c1-17-11-19(4-6-25(17)34-2)16-29-26-24-12-18(15-28)3-5-23(24)27(31-30-26)32-9-7-20(8-10-32)21-13-22(33)14-21/h3-6,11-12,20-22,33H,7-10,13-14,16H2,1-2H3,(H,29,30). The number of nitrogens with zero attached hydrogens (tertiary/aromatic N) is 4. The van der Waals surface area contributed by atoms with E-state index < -0.39 is 0 Å². The van der Waals surface area contributed by atoms with Crippen molar-refractivity contribution in [2.24, 2.45) is 11.8 Å². The van der Waals surface area contributed by atoms with Crippen LogP contribution in [-0.2, 0) is 6.54 Å². The highest BCUT2D eigenvalue weighted by Gasteiger charge is 2.36. The average molecular weight is 458 g/mol. The van der Waals surface area contributed by atoms with Crippen LogP contribution in [0, 0.1) is 30.1 Å². The van der Waals surface area contributed by atoms with Crippen molar-refractivity contribution < 1.29 is 9.84 Å². The van der Waals surface area contributed by atoms with Gasteiger partial charge in [-0.15, -0.1) is 10.2 Å². The van der Waals surface area contributed by atoms with Gasteiger partial charge in [0.15, 0.2) is 11.6 Å². The first kappa shape index (κ1) is 22.4. The number of rotatable bonds is 6. The summed E-state index contributed by atoms with van der Waals surface area (Å²) in [4.78, 5) is 2.32. The molecule has 176 valence electrons. The zero-order valence-electron chi connectivity index (χ0n) is 19.8. The molecule has 0 atom stereocenters. The Bertz CT molecular complexity index is 1220. The number of hydrogen-bond acceptors (Lipinski definition) is 7. The highest BCUT2D eigenvalue weighted by Crippen LogP contribution is 2.40. The van der Waals surface area contributed by atoms with E-state index in [9.17, 15) is 10.4 Å². The molecule has 0 amide bonds. The van der Waals surface area contributed by atoms with Crippen LogP contribution in [0.5, 0.6) is 5.75 Å². The summed E-state index contributed by atoms with van der Waals surface area (Å²) in [5.41, 5.74) is 2.81. The molecule has 2 aliphatic rings. The smallest absolute Gasteiger partial charge is 0.159 e. The summed E-state index contributed by atoms with van der Waals surface area (Å²) < 4.78 is 5.36. The molecule has 2 heterocycles. The van der Waals surface area contributed by atoms with Crippen molar-refractivity contribution in [1.29, 1.82) is 5.26 Å². The second kappa shape index (κ2) is 9.47. The minimum Gasteiger partial charge on any atom is -0.496 e. The maximum absolute atomic E-state index is 9.66. The molecule has 1 saturated heterocycles. The molecule has 7 nitrogen and oxygen atoms in total. The molecule has 0 spiro atoms. The van der Waals surface area contributed by atoms with Crippen LogP contribution in [0.15, 0.2) is 36.4 Å². The van der Waals surface area contributed by atoms with Crippen LogP contribution < -0.4 is 15.0 Å². The summed E-state index contributed by atoms with van der Waals surface area (Å²) in [5.74, 6) is 3.80. The number of anilines is 2. The Balaban J connectivity index is 1.37. The highest BCUT2D eigenvalue weighted by molar-refractivity contribution is 5.99. The summed E-state index contributed by atoms with van der Waals surface area (Å²) in [7, 11) is 1.68. The number of aliphatic hydroxyl groups excluding tert-OH is 1. The summed E-state index contributed by atoms with van der Waals surface area (Å²) >= 11 is 0. The summed E-state index contributed by atoms with van der Waals surface area (Å²) in [6.45, 7) is 4.52. The number of benzene rings is 2. The van der Waals surface area contributed by atoms with Gasteiger partial charge in [-0.05, 0) is 79.8 Å². The van der Waals surface area contributed by atoms with Gasteiger partial charge in [-0.25, -0.2) is 0 Å². The lowest BCUT2D eigenvalue weighted by Crippen LogP contribution is -2.41. The molecule has 0 radical (unpaired) electrons. The maximum atomic E-state index is 9.66. The fourth-order valence-corrected chi connectivity index (χ4v) is 5.41. The third-order valence-corrected chi connectivity index (χ3v) is 7.46. The fraction of sp³-hybridized carbons (Fsp3) is 0.444. The van der Waals surface area contributed by atoms with Crippen molar-refractivity contribution in [2.45, 2.75) is 45.3 Å². The van der Waals surface area contributed by atoms with Gasteiger partial charge in [-0.2, -0.15) is 5.26 Å². The van der Waals surface area contributed by atoms with E-state index in [1.54, 1.807) is 7.11 Å². The van der Waals surface area contributed by atoms with E-state index in [1.165, 1.54) is 0 Å². The van der Waals surface area contributed by atoms with Gasteiger partial charge in [0.1, 0.15) is 5.75 Å². The maximum Gasteiger partial charge on any atom is 0.159 e. The second-order valence-corrected chi connectivity index (χ2v) is 9.61. The van der Waals surface area contributed by atoms with Gasteiger partial charge in [0.2, 0.25) is 0 Å². The number of piperidine rings is 1. The number of ether oxygens (including phenoxy) is 1. The number of hydrogen-bond donors (Lipinski definition) is 2. The second-order valence-electron chi connectivity index (χ2n) is 9.61. The normalized spacial score (nSPS) is 20.6. The Morgan fingerprint density at radius 3 is 2.56 bits per heavy atom. The van der Waals surface area contributed by atoms with Crippen LogP contribution in [0.3, 0.4) is 0 Å². The van der Waals surface area contributed by atoms with Crippen molar-refractivity contribution in [1.82, 2.24) is 10.2 Å². The van der Waals surface area contributed by atoms with Crippen LogP contribution in [0.25, 0.3) is 10.8 Å². The monoisotopic (exact) mass is 457 g/mol. The van der Waals surface area contributed by atoms with E-state index in [1.807, 2.05) is 37.3 Å². The molecule has 3 aromatic rings. The molecule has 1 aliphatic carbocycles. The van der Waals surface area contributed by atoms with Gasteiger partial charge in [-0.3, -0.25) is 0 Å². The Morgan fingerprint density at radius 2 is 1.88 bits per heavy atom. The molecule has 7 heteroatoms. The van der Waals surface area contributed by atoms with Gasteiger partial charge in [0, 0.05) is 30.4 Å². The van der Waals surface area contributed by atoms with Gasteiger partial charge in [-0.1, -0.05) is 12.1 Å². The van der Waals surface area contributed by atoms with Gasteiger partial charge in [0.05, 0.1) is 24.8 Å². The van der Waals surface area contributed by atoms with E-state index in [0.29, 0.717) is 29.8 Å². The molecular weight excluding hydrogens is 426 g/mol. The lowest BCUT2D eigenvalue weighted by atomic mass is 9.70. The molecule has 34 heavy (non-hydrogen) atoms. The number of methoxy groups -OCH3 is 1. The van der Waals surface area contributed by atoms with E-state index in [0.717, 1.165) is 72.2 Å². The number of nitrogens with one attached hydrogen (secondary N) is 1. The van der Waals surface area contributed by atoms with Crippen molar-refractivity contribution in [3.63, 3.8) is 0 Å². The van der Waals surface area contributed by atoms with Crippen molar-refractivity contribution in [3.8, 4) is 11.8 Å². The molecule has 2 N–H and O–H groups in total. The Morgan fingerprint density at radius 1 is 1.09 bits per heavy atom. The van der Waals surface area contributed by atoms with Crippen LogP contribution in [0.2, 0.25) is 0 Å². The van der Waals surface area contributed by atoms with E-state index in [-0.39, 0.29) is 6.10 Å². The average Bonchev–Trinajstić information content (AvgIpc) is 2.85. The first-order chi connectivity index (χ1) is 16.6. The fourth-order valence-electron chi connectivity index (χ4n) is 5.41. The topological polar surface area (TPSA) is 94.3 Å². The zero-order chi connectivity index (χ0) is 23.7. The minimum atomic E-state index is -0.0888. The van der Waals surface area contributed by atoms with Gasteiger partial charge < -0.3 is 20.1 Å². The molecule has 5 rings (SSSR count). The number of aliphatic hydroxyl groups is 1. The number of aromatic nitrogens is 2. The third-order valence-electron chi connectivity index (χ3n) is 7.46. The molecule has 2 aromatic carbocycles. The largest absolute Gasteiger partial charge is 0.496 e. The summed E-state index contributed by atoms with van der Waals surface area (Å²) in [6, 6.07) is 14.1. The van der Waals surface area contributed by atoms with Crippen LogP contribution >= 0.6 is 0 Å². The number of fused-ring (bicyclic) bond motifs is 1. The Labute approximate surface area is 200 Å². The van der Waals surface area contributed by atoms with Crippen molar-refractivity contribution >= 4 is 22.4 Å². The minimum absolute atomic E-state index is 0.0888. The van der Waals surface area contributed by atoms with E-state index in [2.05, 4.69) is 32.5 Å². The molecule has 0 unspecified atom stereocenters. The lowest BCUT2D eigenvalue weighted by Gasteiger charge is -2.42. The Kier molecular flexibility index (Phi) is 6.25. The highest BCUT2D eigenvalue weighted by atomic mass is 16.5. The molecule has 1 saturated carbocycles. The summed E-state index contributed by atoms with van der Waals surface area (Å²) in [6.07, 6.45) is 4.06. The van der Waals surface area contributed by atoms with E-state index >= 15 is 0 Å². The SMILES string of the molecule is COc1ccc(CNc2nnc(N3CCC(C4CC(O)C4)CC3)c3ccc(C#N)cc23)cc1C. The number of nitriles is 1. The molecule has 1 aliphatic heterocycles. The van der Waals surface area contributed by atoms with Crippen LogP contribution in [0.1, 0.15) is 42.4 Å².